The van der Waals surface area contributed by atoms with Crippen molar-refractivity contribution >= 4 is 17.2 Å². The molecule has 21 heavy (non-hydrogen) atoms. The van der Waals surface area contributed by atoms with Gasteiger partial charge in [-0.1, -0.05) is 6.92 Å². The van der Waals surface area contributed by atoms with E-state index in [-0.39, 0.29) is 5.84 Å². The summed E-state index contributed by atoms with van der Waals surface area (Å²) in [6.45, 7) is 2.82. The molecular formula is C16H19N3OS. The molecule has 1 heterocycles. The molecule has 1 fully saturated rings. The number of hydrogen-bond acceptors (Lipinski definition) is 4. The number of nitrogens with zero attached hydrogens (tertiary/aromatic N) is 1. The number of nitrogens with two attached hydrogens (primary N) is 1. The van der Waals surface area contributed by atoms with Crippen molar-refractivity contribution in [1.29, 1.82) is 5.41 Å². The van der Waals surface area contributed by atoms with Crippen LogP contribution in [0.25, 0.3) is 10.6 Å². The molecule has 3 N–H and O–H groups in total. The lowest BCUT2D eigenvalue weighted by atomic mass is 10.2. The molecule has 0 radical (unpaired) electrons. The zero-order chi connectivity index (χ0) is 14.8. The summed E-state index contributed by atoms with van der Waals surface area (Å²) in [5, 5.41) is 8.65. The van der Waals surface area contributed by atoms with Gasteiger partial charge in [-0.05, 0) is 43.5 Å². The molecule has 0 unspecified atom stereocenters. The highest BCUT2D eigenvalue weighted by atomic mass is 32.1. The van der Waals surface area contributed by atoms with E-state index in [2.05, 4.69) is 6.92 Å². The largest absolute Gasteiger partial charge is 0.494 e. The Bertz CT molecular complexity index is 644. The maximum absolute atomic E-state index is 7.71. The van der Waals surface area contributed by atoms with Crippen molar-refractivity contribution in [1.82, 2.24) is 4.98 Å². The van der Waals surface area contributed by atoms with Gasteiger partial charge in [0.1, 0.15) is 16.6 Å². The Kier molecular flexibility index (Phi) is 3.92. The topological polar surface area (TPSA) is 72.0 Å². The molecule has 1 aromatic carbocycles. The fraction of sp³-hybridized carbons (Fsp3) is 0.375. The number of aromatic nitrogens is 1. The van der Waals surface area contributed by atoms with E-state index in [9.17, 15) is 0 Å². The smallest absolute Gasteiger partial charge is 0.135 e. The number of amidine groups is 1. The van der Waals surface area contributed by atoms with Gasteiger partial charge in [-0.3, -0.25) is 5.41 Å². The predicted molar refractivity (Wildman–Crippen MR) is 86.3 cm³/mol. The molecule has 0 atom stereocenters. The number of benzene rings is 1. The molecule has 1 aliphatic rings. The summed E-state index contributed by atoms with van der Waals surface area (Å²) in [4.78, 5) is 5.54. The Hall–Kier alpha value is -1.88. The minimum atomic E-state index is 0.128. The summed E-state index contributed by atoms with van der Waals surface area (Å²) < 4.78 is 5.59. The summed E-state index contributed by atoms with van der Waals surface area (Å²) in [6.07, 6.45) is 3.32. The quantitative estimate of drug-likeness (QED) is 0.630. The minimum Gasteiger partial charge on any atom is -0.494 e. The Morgan fingerprint density at radius 1 is 1.38 bits per heavy atom. The van der Waals surface area contributed by atoms with Crippen LogP contribution in [-0.4, -0.2) is 17.4 Å². The SMILES string of the molecule is CCCOc1ccc(-c2nc(C3CC3)c(C(=N)N)s2)cc1. The van der Waals surface area contributed by atoms with Gasteiger partial charge in [-0.2, -0.15) is 0 Å². The van der Waals surface area contributed by atoms with Crippen LogP contribution in [0.5, 0.6) is 5.75 Å². The number of hydrogen-bond donors (Lipinski definition) is 2. The van der Waals surface area contributed by atoms with E-state index in [4.69, 9.17) is 20.9 Å². The van der Waals surface area contributed by atoms with Crippen molar-refractivity contribution in [2.45, 2.75) is 32.1 Å². The van der Waals surface area contributed by atoms with E-state index < -0.39 is 0 Å². The van der Waals surface area contributed by atoms with Crippen LogP contribution in [0.15, 0.2) is 24.3 Å². The molecule has 0 bridgehead atoms. The molecule has 0 saturated heterocycles. The van der Waals surface area contributed by atoms with Gasteiger partial charge in [0.05, 0.1) is 17.2 Å². The molecule has 3 rings (SSSR count). The molecule has 4 nitrogen and oxygen atoms in total. The molecule has 2 aromatic rings. The van der Waals surface area contributed by atoms with Crippen molar-refractivity contribution in [3.63, 3.8) is 0 Å². The first-order chi connectivity index (χ1) is 10.2. The molecule has 1 saturated carbocycles. The summed E-state index contributed by atoms with van der Waals surface area (Å²) in [7, 11) is 0. The number of rotatable bonds is 6. The van der Waals surface area contributed by atoms with E-state index in [1.807, 2.05) is 24.3 Å². The van der Waals surface area contributed by atoms with Gasteiger partial charge in [0.15, 0.2) is 0 Å². The van der Waals surface area contributed by atoms with Crippen molar-refractivity contribution in [3.8, 4) is 16.3 Å². The number of nitrogens with one attached hydrogen (secondary N) is 1. The number of ether oxygens (including phenoxy) is 1. The van der Waals surface area contributed by atoms with Crippen LogP contribution < -0.4 is 10.5 Å². The van der Waals surface area contributed by atoms with Crippen LogP contribution in [-0.2, 0) is 0 Å². The van der Waals surface area contributed by atoms with E-state index >= 15 is 0 Å². The highest BCUT2D eigenvalue weighted by Gasteiger charge is 2.30. The lowest BCUT2D eigenvalue weighted by Crippen LogP contribution is -2.11. The fourth-order valence-electron chi connectivity index (χ4n) is 2.20. The lowest BCUT2D eigenvalue weighted by molar-refractivity contribution is 0.317. The monoisotopic (exact) mass is 301 g/mol. The molecule has 0 aliphatic heterocycles. The van der Waals surface area contributed by atoms with Crippen LogP contribution in [0.1, 0.15) is 42.7 Å². The van der Waals surface area contributed by atoms with Gasteiger partial charge >= 0.3 is 0 Å². The van der Waals surface area contributed by atoms with Crippen LogP contribution in [0, 0.1) is 5.41 Å². The Balaban J connectivity index is 1.86. The molecule has 110 valence electrons. The second kappa shape index (κ2) is 5.85. The minimum absolute atomic E-state index is 0.128. The van der Waals surface area contributed by atoms with Crippen LogP contribution in [0.2, 0.25) is 0 Å². The summed E-state index contributed by atoms with van der Waals surface area (Å²) >= 11 is 1.51. The second-order valence-corrected chi connectivity index (χ2v) is 6.29. The van der Waals surface area contributed by atoms with Crippen molar-refractivity contribution in [2.24, 2.45) is 5.73 Å². The number of thiazole rings is 1. The molecule has 0 spiro atoms. The van der Waals surface area contributed by atoms with Crippen LogP contribution >= 0.6 is 11.3 Å². The first kappa shape index (κ1) is 14.1. The van der Waals surface area contributed by atoms with Gasteiger partial charge in [0.2, 0.25) is 0 Å². The summed E-state index contributed by atoms with van der Waals surface area (Å²) in [5.41, 5.74) is 7.75. The van der Waals surface area contributed by atoms with Crippen LogP contribution in [0.3, 0.4) is 0 Å². The van der Waals surface area contributed by atoms with Gasteiger partial charge in [-0.25, -0.2) is 4.98 Å². The molecule has 0 amide bonds. The summed E-state index contributed by atoms with van der Waals surface area (Å²) in [5.74, 6) is 1.51. The molecule has 1 aromatic heterocycles. The Morgan fingerprint density at radius 2 is 2.10 bits per heavy atom. The Labute approximate surface area is 128 Å². The van der Waals surface area contributed by atoms with E-state index in [1.54, 1.807) is 0 Å². The van der Waals surface area contributed by atoms with Gasteiger partial charge < -0.3 is 10.5 Å². The third kappa shape index (κ3) is 3.08. The molecular weight excluding hydrogens is 282 g/mol. The van der Waals surface area contributed by atoms with Gasteiger partial charge in [0.25, 0.3) is 0 Å². The molecule has 5 heteroatoms. The zero-order valence-corrected chi connectivity index (χ0v) is 12.9. The second-order valence-electron chi connectivity index (χ2n) is 5.29. The maximum atomic E-state index is 7.71. The first-order valence-corrected chi connectivity index (χ1v) is 8.09. The van der Waals surface area contributed by atoms with Crippen molar-refractivity contribution in [3.05, 3.63) is 34.8 Å². The highest BCUT2D eigenvalue weighted by Crippen LogP contribution is 2.44. The average molecular weight is 301 g/mol. The predicted octanol–water partition coefficient (Wildman–Crippen LogP) is 3.76. The summed E-state index contributed by atoms with van der Waals surface area (Å²) in [6, 6.07) is 7.97. The first-order valence-electron chi connectivity index (χ1n) is 7.27. The maximum Gasteiger partial charge on any atom is 0.135 e. The fourth-order valence-corrected chi connectivity index (χ4v) is 3.21. The zero-order valence-electron chi connectivity index (χ0n) is 12.1. The highest BCUT2D eigenvalue weighted by molar-refractivity contribution is 7.17. The third-order valence-electron chi connectivity index (χ3n) is 3.44. The van der Waals surface area contributed by atoms with E-state index in [0.29, 0.717) is 5.92 Å². The van der Waals surface area contributed by atoms with Crippen LogP contribution in [0.4, 0.5) is 0 Å². The molecule has 1 aliphatic carbocycles. The normalized spacial score (nSPS) is 14.1. The van der Waals surface area contributed by atoms with Crippen molar-refractivity contribution < 1.29 is 4.74 Å². The average Bonchev–Trinajstić information content (AvgIpc) is 3.24. The lowest BCUT2D eigenvalue weighted by Gasteiger charge is -2.04. The standard InChI is InChI=1S/C16H19N3OS/c1-2-9-20-12-7-5-11(6-8-12)16-19-13(10-3-4-10)14(21-16)15(17)18/h5-8,10H,2-4,9H2,1H3,(H3,17,18). The van der Waals surface area contributed by atoms with Gasteiger partial charge in [0, 0.05) is 11.5 Å². The Morgan fingerprint density at radius 3 is 2.67 bits per heavy atom. The van der Waals surface area contributed by atoms with Crippen molar-refractivity contribution in [2.75, 3.05) is 6.61 Å². The van der Waals surface area contributed by atoms with E-state index in [0.717, 1.165) is 52.8 Å². The van der Waals surface area contributed by atoms with E-state index in [1.165, 1.54) is 11.3 Å². The van der Waals surface area contributed by atoms with Gasteiger partial charge in [-0.15, -0.1) is 11.3 Å². The number of nitrogen functional groups attached to an aromatic ring is 1. The third-order valence-corrected chi connectivity index (χ3v) is 4.59.